The minimum absolute atomic E-state index is 0.00309. The summed E-state index contributed by atoms with van der Waals surface area (Å²) in [5.74, 6) is 1.33. The van der Waals surface area contributed by atoms with E-state index in [-0.39, 0.29) is 11.9 Å². The number of urea groups is 1. The number of anilines is 1. The van der Waals surface area contributed by atoms with E-state index in [4.69, 9.17) is 0 Å². The van der Waals surface area contributed by atoms with Crippen LogP contribution in [-0.2, 0) is 11.3 Å². The number of rotatable bonds is 5. The predicted molar refractivity (Wildman–Crippen MR) is 93.8 cm³/mol. The Labute approximate surface area is 143 Å². The molecule has 0 aromatic carbocycles. The van der Waals surface area contributed by atoms with Crippen LogP contribution < -0.4 is 15.5 Å². The van der Waals surface area contributed by atoms with Crippen molar-refractivity contribution in [2.24, 2.45) is 5.92 Å². The third kappa shape index (κ3) is 5.11. The Kier molecular flexibility index (Phi) is 6.40. The largest absolute Gasteiger partial charge is 0.362 e. The molecule has 3 amide bonds. The molecule has 2 heterocycles. The lowest BCUT2D eigenvalue weighted by atomic mass is 9.97. The van der Waals surface area contributed by atoms with Gasteiger partial charge in [-0.2, -0.15) is 0 Å². The first-order chi connectivity index (χ1) is 11.5. The molecule has 1 aliphatic rings. The molecule has 1 aromatic heterocycles. The van der Waals surface area contributed by atoms with E-state index in [1.807, 2.05) is 36.0 Å². The molecule has 0 atom stereocenters. The summed E-state index contributed by atoms with van der Waals surface area (Å²) in [6, 6.07) is 3.81. The number of nitrogens with zero attached hydrogens (tertiary/aromatic N) is 3. The first-order valence-corrected chi connectivity index (χ1v) is 8.35. The summed E-state index contributed by atoms with van der Waals surface area (Å²) >= 11 is 0. The average molecular weight is 333 g/mol. The van der Waals surface area contributed by atoms with Crippen molar-refractivity contribution in [3.05, 3.63) is 23.9 Å². The van der Waals surface area contributed by atoms with Crippen molar-refractivity contribution < 1.29 is 9.59 Å². The Balaban J connectivity index is 1.79. The summed E-state index contributed by atoms with van der Waals surface area (Å²) in [4.78, 5) is 31.4. The number of piperidine rings is 1. The van der Waals surface area contributed by atoms with Crippen LogP contribution in [0.5, 0.6) is 0 Å². The zero-order chi connectivity index (χ0) is 17.5. The molecule has 0 spiro atoms. The van der Waals surface area contributed by atoms with E-state index < -0.39 is 0 Å². The summed E-state index contributed by atoms with van der Waals surface area (Å²) in [5, 5.41) is 5.83. The molecular weight excluding hydrogens is 306 g/mol. The van der Waals surface area contributed by atoms with E-state index in [0.717, 1.165) is 37.3 Å². The van der Waals surface area contributed by atoms with E-state index in [2.05, 4.69) is 15.6 Å². The minimum Gasteiger partial charge on any atom is -0.362 e. The van der Waals surface area contributed by atoms with Crippen molar-refractivity contribution in [3.63, 3.8) is 0 Å². The van der Waals surface area contributed by atoms with Crippen LogP contribution in [0.4, 0.5) is 10.6 Å². The number of carbonyl (C=O) groups is 2. The number of carbonyl (C=O) groups excluding carboxylic acids is 2. The van der Waals surface area contributed by atoms with Gasteiger partial charge in [-0.25, -0.2) is 9.78 Å². The van der Waals surface area contributed by atoms with E-state index in [1.54, 1.807) is 6.20 Å². The highest BCUT2D eigenvalue weighted by molar-refractivity contribution is 5.74. The fourth-order valence-corrected chi connectivity index (χ4v) is 2.88. The molecule has 132 valence electrons. The van der Waals surface area contributed by atoms with E-state index in [0.29, 0.717) is 19.0 Å². The Morgan fingerprint density at radius 1 is 1.29 bits per heavy atom. The molecule has 1 aliphatic heterocycles. The maximum Gasteiger partial charge on any atom is 0.317 e. The molecule has 24 heavy (non-hydrogen) atoms. The normalized spacial score (nSPS) is 15.0. The SMILES string of the molecule is CC(=O)NCC1CCN(C(=O)NCc2cccnc2N(C)C)CC1. The van der Waals surface area contributed by atoms with Crippen LogP contribution in [-0.4, -0.2) is 55.6 Å². The van der Waals surface area contributed by atoms with Crippen molar-refractivity contribution in [1.82, 2.24) is 20.5 Å². The number of aromatic nitrogens is 1. The molecule has 0 unspecified atom stereocenters. The zero-order valence-corrected chi connectivity index (χ0v) is 14.7. The summed E-state index contributed by atoms with van der Waals surface area (Å²) in [6.45, 7) is 4.15. The topological polar surface area (TPSA) is 77.6 Å². The molecule has 2 rings (SSSR count). The van der Waals surface area contributed by atoms with E-state index in [1.165, 1.54) is 6.92 Å². The van der Waals surface area contributed by atoms with Crippen LogP contribution in [0.15, 0.2) is 18.3 Å². The first kappa shape index (κ1) is 18.0. The summed E-state index contributed by atoms with van der Waals surface area (Å²) in [7, 11) is 3.88. The Morgan fingerprint density at radius 2 is 2.00 bits per heavy atom. The highest BCUT2D eigenvalue weighted by Crippen LogP contribution is 2.17. The Bertz CT molecular complexity index is 568. The lowest BCUT2D eigenvalue weighted by Gasteiger charge is -2.32. The van der Waals surface area contributed by atoms with Gasteiger partial charge in [-0.05, 0) is 24.8 Å². The summed E-state index contributed by atoms with van der Waals surface area (Å²) < 4.78 is 0. The molecule has 2 N–H and O–H groups in total. The van der Waals surface area contributed by atoms with Gasteiger partial charge in [-0.1, -0.05) is 6.07 Å². The van der Waals surface area contributed by atoms with Gasteiger partial charge < -0.3 is 20.4 Å². The van der Waals surface area contributed by atoms with Gasteiger partial charge in [0.05, 0.1) is 0 Å². The van der Waals surface area contributed by atoms with Crippen LogP contribution in [0.3, 0.4) is 0 Å². The minimum atomic E-state index is -0.0402. The number of nitrogens with one attached hydrogen (secondary N) is 2. The summed E-state index contributed by atoms with van der Waals surface area (Å²) in [5.41, 5.74) is 0.997. The highest BCUT2D eigenvalue weighted by Gasteiger charge is 2.22. The molecule has 0 saturated carbocycles. The number of pyridine rings is 1. The second-order valence-electron chi connectivity index (χ2n) is 6.41. The van der Waals surface area contributed by atoms with Gasteiger partial charge in [0, 0.05) is 59.0 Å². The van der Waals surface area contributed by atoms with E-state index >= 15 is 0 Å². The quantitative estimate of drug-likeness (QED) is 0.849. The molecule has 0 bridgehead atoms. The fourth-order valence-electron chi connectivity index (χ4n) is 2.88. The van der Waals surface area contributed by atoms with Crippen molar-refractivity contribution in [2.45, 2.75) is 26.3 Å². The smallest absolute Gasteiger partial charge is 0.317 e. The fraction of sp³-hybridized carbons (Fsp3) is 0.588. The van der Waals surface area contributed by atoms with Crippen molar-refractivity contribution in [3.8, 4) is 0 Å². The van der Waals surface area contributed by atoms with Gasteiger partial charge in [0.25, 0.3) is 0 Å². The highest BCUT2D eigenvalue weighted by atomic mass is 16.2. The molecule has 7 nitrogen and oxygen atoms in total. The standard InChI is InChI=1S/C17H27N5O2/c1-13(23)19-11-14-6-9-22(10-7-14)17(24)20-12-15-5-4-8-18-16(15)21(2)3/h4-5,8,14H,6-7,9-12H2,1-3H3,(H,19,23)(H,20,24). The van der Waals surface area contributed by atoms with Crippen LogP contribution in [0, 0.1) is 5.92 Å². The number of likely N-dealkylation sites (tertiary alicyclic amines) is 1. The van der Waals surface area contributed by atoms with Crippen molar-refractivity contribution >= 4 is 17.8 Å². The summed E-state index contributed by atoms with van der Waals surface area (Å²) in [6.07, 6.45) is 3.59. The van der Waals surface area contributed by atoms with Gasteiger partial charge in [0.2, 0.25) is 5.91 Å². The molecule has 1 aromatic rings. The molecule has 7 heteroatoms. The lowest BCUT2D eigenvalue weighted by Crippen LogP contribution is -2.45. The third-order valence-electron chi connectivity index (χ3n) is 4.26. The van der Waals surface area contributed by atoms with Gasteiger partial charge in [0.1, 0.15) is 5.82 Å². The van der Waals surface area contributed by atoms with E-state index in [9.17, 15) is 9.59 Å². The Hall–Kier alpha value is -2.31. The van der Waals surface area contributed by atoms with Gasteiger partial charge in [-0.3, -0.25) is 4.79 Å². The lowest BCUT2D eigenvalue weighted by molar-refractivity contribution is -0.119. The van der Waals surface area contributed by atoms with Crippen LogP contribution in [0.1, 0.15) is 25.3 Å². The molecule has 1 fully saturated rings. The maximum absolute atomic E-state index is 12.3. The van der Waals surface area contributed by atoms with Crippen molar-refractivity contribution in [2.75, 3.05) is 38.6 Å². The van der Waals surface area contributed by atoms with Gasteiger partial charge in [-0.15, -0.1) is 0 Å². The van der Waals surface area contributed by atoms with Crippen molar-refractivity contribution in [1.29, 1.82) is 0 Å². The number of hydrogen-bond donors (Lipinski definition) is 2. The molecular formula is C17H27N5O2. The predicted octanol–water partition coefficient (Wildman–Crippen LogP) is 1.21. The Morgan fingerprint density at radius 3 is 2.62 bits per heavy atom. The molecule has 0 aliphatic carbocycles. The number of amides is 3. The molecule has 1 saturated heterocycles. The monoisotopic (exact) mass is 333 g/mol. The second kappa shape index (κ2) is 8.52. The van der Waals surface area contributed by atoms with Gasteiger partial charge in [0.15, 0.2) is 0 Å². The molecule has 0 radical (unpaired) electrons. The first-order valence-electron chi connectivity index (χ1n) is 8.35. The van der Waals surface area contributed by atoms with Crippen LogP contribution >= 0.6 is 0 Å². The van der Waals surface area contributed by atoms with Crippen LogP contribution in [0.2, 0.25) is 0 Å². The zero-order valence-electron chi connectivity index (χ0n) is 14.7. The average Bonchev–Trinajstić information content (AvgIpc) is 2.58. The van der Waals surface area contributed by atoms with Crippen LogP contribution in [0.25, 0.3) is 0 Å². The third-order valence-corrected chi connectivity index (χ3v) is 4.26. The number of hydrogen-bond acceptors (Lipinski definition) is 4. The van der Waals surface area contributed by atoms with Gasteiger partial charge >= 0.3 is 6.03 Å². The maximum atomic E-state index is 12.3. The second-order valence-corrected chi connectivity index (χ2v) is 6.41.